The second-order valence-corrected chi connectivity index (χ2v) is 8.33. The van der Waals surface area contributed by atoms with E-state index < -0.39 is 26.7 Å². The molecule has 0 fully saturated rings. The molecule has 1 aromatic heterocycles. The van der Waals surface area contributed by atoms with E-state index >= 15 is 0 Å². The molecule has 0 atom stereocenters. The van der Waals surface area contributed by atoms with Crippen molar-refractivity contribution >= 4 is 44.6 Å². The fourth-order valence-electron chi connectivity index (χ4n) is 1.67. The van der Waals surface area contributed by atoms with Gasteiger partial charge in [-0.05, 0) is 55.5 Å². The minimum Gasteiger partial charge on any atom is -0.506 e. The van der Waals surface area contributed by atoms with Gasteiger partial charge in [0.05, 0.1) is 7.11 Å². The molecular formula is C16H20IN5O5S. The number of allylic oxidation sites excluding steroid dienone is 1. The number of hydrogen-bond acceptors (Lipinski definition) is 8. The molecular weight excluding hydrogens is 501 g/mol. The highest BCUT2D eigenvalue weighted by Crippen LogP contribution is 2.27. The summed E-state index contributed by atoms with van der Waals surface area (Å²) in [5.41, 5.74) is 1.17. The molecule has 2 amide bonds. The number of sulfonamides is 1. The maximum absolute atomic E-state index is 12.2. The quantitative estimate of drug-likeness (QED) is 0.412. The average molecular weight is 521 g/mol. The van der Waals surface area contributed by atoms with Crippen LogP contribution in [0.5, 0.6) is 11.8 Å². The van der Waals surface area contributed by atoms with Crippen LogP contribution in [0.25, 0.3) is 0 Å². The maximum Gasteiger partial charge on any atom is 0.335 e. The average Bonchev–Trinajstić information content (AvgIpc) is 2.52. The Hall–Kier alpha value is -2.48. The van der Waals surface area contributed by atoms with Gasteiger partial charge >= 0.3 is 12.0 Å². The fourth-order valence-corrected chi connectivity index (χ4v) is 4.09. The van der Waals surface area contributed by atoms with Crippen molar-refractivity contribution in [2.75, 3.05) is 12.4 Å². The Morgan fingerprint density at radius 1 is 1.25 bits per heavy atom. The third kappa shape index (κ3) is 7.26. The number of aryl methyl sites for hydroxylation is 1. The number of rotatable bonds is 4. The summed E-state index contributed by atoms with van der Waals surface area (Å²) >= 11 is 1.73. The molecule has 0 unspecified atom stereocenters. The Labute approximate surface area is 176 Å². The van der Waals surface area contributed by atoms with Gasteiger partial charge in [-0.3, -0.25) is 5.32 Å². The molecule has 3 N–H and O–H groups in total. The van der Waals surface area contributed by atoms with Crippen LogP contribution in [0.2, 0.25) is 0 Å². The molecule has 0 bridgehead atoms. The predicted octanol–water partition coefficient (Wildman–Crippen LogP) is 2.59. The van der Waals surface area contributed by atoms with Crippen LogP contribution in [-0.2, 0) is 10.0 Å². The first-order chi connectivity index (χ1) is 13.0. The highest BCUT2D eigenvalue weighted by Gasteiger charge is 2.24. The zero-order valence-electron chi connectivity index (χ0n) is 15.6. The van der Waals surface area contributed by atoms with Gasteiger partial charge in [-0.1, -0.05) is 11.6 Å². The van der Waals surface area contributed by atoms with E-state index in [1.165, 1.54) is 30.9 Å². The zero-order chi connectivity index (χ0) is 21.5. The van der Waals surface area contributed by atoms with E-state index in [2.05, 4.69) is 26.8 Å². The highest BCUT2D eigenvalue weighted by molar-refractivity contribution is 14.1. The fraction of sp³-hybridized carbons (Fsp3) is 0.250. The second-order valence-electron chi connectivity index (χ2n) is 5.55. The number of methoxy groups -OCH3 is 1. The number of urea groups is 1. The Morgan fingerprint density at radius 2 is 1.86 bits per heavy atom. The lowest BCUT2D eigenvalue weighted by Gasteiger charge is -2.10. The first-order valence-electron chi connectivity index (χ1n) is 7.66. The Balaban J connectivity index is 0.000000892. The summed E-state index contributed by atoms with van der Waals surface area (Å²) < 4.78 is 31.4. The van der Waals surface area contributed by atoms with Crippen LogP contribution in [0.15, 0.2) is 35.2 Å². The van der Waals surface area contributed by atoms with Gasteiger partial charge < -0.3 is 9.84 Å². The molecule has 2 rings (SSSR count). The van der Waals surface area contributed by atoms with Crippen LogP contribution in [0.3, 0.4) is 0 Å². The number of nitrogens with zero attached hydrogens (tertiary/aromatic N) is 3. The summed E-state index contributed by atoms with van der Waals surface area (Å²) in [6.07, 6.45) is 0. The number of nitrogens with one attached hydrogen (secondary N) is 2. The number of halogens is 1. The number of carbonyl (C=O) groups is 1. The van der Waals surface area contributed by atoms with Gasteiger partial charge in [0.15, 0.2) is 0 Å². The van der Waals surface area contributed by atoms with Gasteiger partial charge in [-0.15, -0.1) is 6.58 Å². The van der Waals surface area contributed by atoms with Crippen molar-refractivity contribution in [3.63, 3.8) is 0 Å². The molecule has 10 nitrogen and oxygen atoms in total. The van der Waals surface area contributed by atoms with E-state index in [1.807, 2.05) is 13.8 Å². The Morgan fingerprint density at radius 3 is 2.39 bits per heavy atom. The van der Waals surface area contributed by atoms with Crippen molar-refractivity contribution in [3.8, 4) is 11.8 Å². The number of phenolic OH excluding ortho intramolecular Hbond substituents is 1. The third-order valence-corrected chi connectivity index (χ3v) is 5.26. The Kier molecular flexibility index (Phi) is 8.56. The monoisotopic (exact) mass is 521 g/mol. The molecule has 12 heteroatoms. The lowest BCUT2D eigenvalue weighted by molar-refractivity contribution is 0.256. The summed E-state index contributed by atoms with van der Waals surface area (Å²) in [4.78, 5) is 23.0. The molecule has 28 heavy (non-hydrogen) atoms. The van der Waals surface area contributed by atoms with Gasteiger partial charge in [-0.2, -0.15) is 15.0 Å². The van der Waals surface area contributed by atoms with Crippen molar-refractivity contribution in [2.45, 2.75) is 25.7 Å². The molecule has 0 saturated heterocycles. The largest absolute Gasteiger partial charge is 0.506 e. The molecule has 0 aliphatic heterocycles. The SMILES string of the molecule is C=C(C)C.COc1nc(C)nc(NC(=O)NS(=O)(=O)c2c(O)cccc2I)n1. The molecule has 0 radical (unpaired) electrons. The maximum atomic E-state index is 12.2. The lowest BCUT2D eigenvalue weighted by atomic mass is 10.3. The second kappa shape index (κ2) is 10.2. The number of benzene rings is 1. The predicted molar refractivity (Wildman–Crippen MR) is 112 cm³/mol. The van der Waals surface area contributed by atoms with Crippen LogP contribution in [0.4, 0.5) is 10.7 Å². The van der Waals surface area contributed by atoms with Crippen molar-refractivity contribution in [1.29, 1.82) is 0 Å². The van der Waals surface area contributed by atoms with E-state index in [4.69, 9.17) is 4.74 Å². The minimum absolute atomic E-state index is 0.0316. The summed E-state index contributed by atoms with van der Waals surface area (Å²) in [7, 11) is -2.95. The highest BCUT2D eigenvalue weighted by atomic mass is 127. The van der Waals surface area contributed by atoms with Crippen molar-refractivity contribution in [2.24, 2.45) is 0 Å². The van der Waals surface area contributed by atoms with E-state index in [0.29, 0.717) is 0 Å². The van der Waals surface area contributed by atoms with Crippen LogP contribution in [-0.4, -0.2) is 41.6 Å². The van der Waals surface area contributed by atoms with Crippen molar-refractivity contribution < 1.29 is 23.1 Å². The van der Waals surface area contributed by atoms with Gasteiger partial charge in [0.25, 0.3) is 10.0 Å². The summed E-state index contributed by atoms with van der Waals surface area (Å²) in [5.74, 6) is -0.380. The molecule has 152 valence electrons. The Bertz CT molecular complexity index is 957. The molecule has 2 aromatic rings. The van der Waals surface area contributed by atoms with Gasteiger partial charge in [0.2, 0.25) is 5.95 Å². The number of ether oxygens (including phenoxy) is 1. The van der Waals surface area contributed by atoms with Crippen LogP contribution in [0.1, 0.15) is 19.7 Å². The topological polar surface area (TPSA) is 143 Å². The van der Waals surface area contributed by atoms with Crippen LogP contribution in [0, 0.1) is 10.5 Å². The number of hydrogen-bond donors (Lipinski definition) is 3. The molecule has 0 spiro atoms. The first-order valence-corrected chi connectivity index (χ1v) is 10.2. The first kappa shape index (κ1) is 23.6. The van der Waals surface area contributed by atoms with E-state index in [9.17, 15) is 18.3 Å². The molecule has 1 heterocycles. The lowest BCUT2D eigenvalue weighted by Crippen LogP contribution is -2.35. The third-order valence-electron chi connectivity index (χ3n) is 2.58. The van der Waals surface area contributed by atoms with E-state index in [1.54, 1.807) is 34.2 Å². The number of anilines is 1. The zero-order valence-corrected chi connectivity index (χ0v) is 18.6. The number of aromatic hydroxyl groups is 1. The normalized spacial score (nSPS) is 10.3. The summed E-state index contributed by atoms with van der Waals surface area (Å²) in [5, 5.41) is 11.9. The number of aromatic nitrogens is 3. The van der Waals surface area contributed by atoms with Crippen LogP contribution >= 0.6 is 22.6 Å². The van der Waals surface area contributed by atoms with Gasteiger partial charge in [0.1, 0.15) is 16.5 Å². The molecule has 0 saturated carbocycles. The van der Waals surface area contributed by atoms with Gasteiger partial charge in [-0.25, -0.2) is 17.9 Å². The number of amides is 2. The minimum atomic E-state index is -4.29. The standard InChI is InChI=1S/C12H12IN5O5S.C4H8/c1-6-14-10(17-12(15-6)23-2)16-11(20)18-24(21,22)9-7(13)4-3-5-8(9)19;1-4(2)3/h3-5,19H,1-2H3,(H2,14,15,16,17,18,20);1H2,2-3H3. The number of phenols is 1. The molecule has 0 aliphatic carbocycles. The van der Waals surface area contributed by atoms with E-state index in [-0.39, 0.29) is 21.4 Å². The summed E-state index contributed by atoms with van der Waals surface area (Å²) in [6.45, 7) is 9.05. The summed E-state index contributed by atoms with van der Waals surface area (Å²) in [6, 6.07) is 3.04. The number of carbonyl (C=O) groups excluding carboxylic acids is 1. The van der Waals surface area contributed by atoms with Crippen molar-refractivity contribution in [3.05, 3.63) is 39.7 Å². The smallest absolute Gasteiger partial charge is 0.335 e. The van der Waals surface area contributed by atoms with E-state index in [0.717, 1.165) is 0 Å². The van der Waals surface area contributed by atoms with Crippen LogP contribution < -0.4 is 14.8 Å². The van der Waals surface area contributed by atoms with Gasteiger partial charge in [0, 0.05) is 3.57 Å². The van der Waals surface area contributed by atoms with Crippen molar-refractivity contribution in [1.82, 2.24) is 19.7 Å². The molecule has 1 aromatic carbocycles. The molecule has 0 aliphatic rings.